The smallest absolute Gasteiger partial charge is 0.309 e. The molecule has 1 aliphatic rings. The molecular formula is C14H26O4. The molecule has 4 nitrogen and oxygen atoms in total. The molecule has 0 aromatic heterocycles. The number of rotatable bonds is 5. The summed E-state index contributed by atoms with van der Waals surface area (Å²) < 4.78 is 4.85. The van der Waals surface area contributed by atoms with Gasteiger partial charge in [0.25, 0.3) is 0 Å². The quantitative estimate of drug-likeness (QED) is 0.769. The van der Waals surface area contributed by atoms with Gasteiger partial charge in [-0.25, -0.2) is 0 Å². The zero-order valence-electron chi connectivity index (χ0n) is 11.8. The molecule has 106 valence electrons. The Bertz CT molecular complexity index is 242. The highest BCUT2D eigenvalue weighted by molar-refractivity contribution is 5.83. The predicted molar refractivity (Wildman–Crippen MR) is 70.1 cm³/mol. The molecule has 0 unspecified atom stereocenters. The molecule has 1 rings (SSSR count). The molecule has 0 radical (unpaired) electrons. The average molecular weight is 258 g/mol. The molecule has 0 amide bonds. The Kier molecular flexibility index (Phi) is 9.56. The number of carbonyl (C=O) groups excluding carboxylic acids is 2. The van der Waals surface area contributed by atoms with Crippen molar-refractivity contribution in [1.29, 1.82) is 0 Å². The molecule has 0 heterocycles. The van der Waals surface area contributed by atoms with Crippen LogP contribution in [0.5, 0.6) is 0 Å². The minimum Gasteiger partial charge on any atom is -0.457 e. The van der Waals surface area contributed by atoms with Crippen LogP contribution >= 0.6 is 0 Å². The average Bonchev–Trinajstić information content (AvgIpc) is 2.46. The van der Waals surface area contributed by atoms with Gasteiger partial charge in [0.15, 0.2) is 12.4 Å². The van der Waals surface area contributed by atoms with Crippen LogP contribution in [0.1, 0.15) is 52.9 Å². The first-order valence-electron chi connectivity index (χ1n) is 6.96. The van der Waals surface area contributed by atoms with E-state index in [0.717, 1.165) is 31.6 Å². The van der Waals surface area contributed by atoms with Gasteiger partial charge in [0, 0.05) is 0 Å². The van der Waals surface area contributed by atoms with Gasteiger partial charge in [-0.15, -0.1) is 0 Å². The van der Waals surface area contributed by atoms with Crippen LogP contribution in [-0.4, -0.2) is 30.1 Å². The van der Waals surface area contributed by atoms with E-state index >= 15 is 0 Å². The topological polar surface area (TPSA) is 63.6 Å². The Balaban J connectivity index is 0.00000137. The maximum Gasteiger partial charge on any atom is 0.309 e. The van der Waals surface area contributed by atoms with Crippen LogP contribution in [0, 0.1) is 11.8 Å². The van der Waals surface area contributed by atoms with Crippen molar-refractivity contribution in [2.75, 3.05) is 13.2 Å². The van der Waals surface area contributed by atoms with Crippen molar-refractivity contribution in [3.05, 3.63) is 0 Å². The fourth-order valence-corrected chi connectivity index (χ4v) is 2.12. The number of Topliss-reactive ketones (excluding diaryl/α,β-unsaturated/α-hetero) is 1. The molecular weight excluding hydrogens is 232 g/mol. The molecule has 0 aliphatic heterocycles. The summed E-state index contributed by atoms with van der Waals surface area (Å²) in [6.07, 6.45) is 5.05. The van der Waals surface area contributed by atoms with Crippen LogP contribution in [-0.2, 0) is 14.3 Å². The zero-order chi connectivity index (χ0) is 14.0. The van der Waals surface area contributed by atoms with E-state index in [4.69, 9.17) is 9.84 Å². The third-order valence-corrected chi connectivity index (χ3v) is 3.31. The summed E-state index contributed by atoms with van der Waals surface area (Å²) in [6, 6.07) is 0. The van der Waals surface area contributed by atoms with Crippen molar-refractivity contribution < 1.29 is 19.4 Å². The van der Waals surface area contributed by atoms with Crippen molar-refractivity contribution in [1.82, 2.24) is 0 Å². The van der Waals surface area contributed by atoms with E-state index in [1.54, 1.807) is 0 Å². The summed E-state index contributed by atoms with van der Waals surface area (Å²) in [5, 5.41) is 8.48. The minimum atomic E-state index is -0.560. The van der Waals surface area contributed by atoms with Crippen molar-refractivity contribution >= 4 is 11.8 Å². The molecule has 4 heteroatoms. The fourth-order valence-electron chi connectivity index (χ4n) is 2.12. The lowest BCUT2D eigenvalue weighted by Gasteiger charge is -2.26. The number of hydrogen-bond acceptors (Lipinski definition) is 4. The van der Waals surface area contributed by atoms with Crippen molar-refractivity contribution in [3.63, 3.8) is 0 Å². The highest BCUT2D eigenvalue weighted by Crippen LogP contribution is 2.31. The van der Waals surface area contributed by atoms with Crippen LogP contribution in [0.4, 0.5) is 0 Å². The van der Waals surface area contributed by atoms with Crippen LogP contribution in [0.15, 0.2) is 0 Å². The van der Waals surface area contributed by atoms with Gasteiger partial charge in [0.2, 0.25) is 0 Å². The second-order valence-corrected chi connectivity index (χ2v) is 4.43. The number of hydrogen-bond donors (Lipinski definition) is 1. The highest BCUT2D eigenvalue weighted by atomic mass is 16.5. The van der Waals surface area contributed by atoms with Gasteiger partial charge < -0.3 is 9.84 Å². The Labute approximate surface area is 110 Å². The van der Waals surface area contributed by atoms with E-state index in [0.29, 0.717) is 0 Å². The standard InChI is InChI=1S/C12H20O4.C2H6/c1-2-9-3-5-10(6-4-9)12(15)16-8-11(14)7-13;1-2/h9-10,13H,2-8H2,1H3;1-2H3. The summed E-state index contributed by atoms with van der Waals surface area (Å²) in [5.41, 5.74) is 0. The van der Waals surface area contributed by atoms with Gasteiger partial charge in [0.05, 0.1) is 5.92 Å². The monoisotopic (exact) mass is 258 g/mol. The summed E-state index contributed by atoms with van der Waals surface area (Å²) in [7, 11) is 0. The SMILES string of the molecule is CC.CCC1CCC(C(=O)OCC(=O)CO)CC1. The molecule has 1 fully saturated rings. The number of ketones is 1. The summed E-state index contributed by atoms with van der Waals surface area (Å²) >= 11 is 0. The Morgan fingerprint density at radius 2 is 1.72 bits per heavy atom. The van der Waals surface area contributed by atoms with E-state index in [-0.39, 0.29) is 18.5 Å². The van der Waals surface area contributed by atoms with Crippen LogP contribution < -0.4 is 0 Å². The molecule has 0 saturated heterocycles. The molecule has 18 heavy (non-hydrogen) atoms. The molecule has 0 aromatic carbocycles. The number of carbonyl (C=O) groups is 2. The van der Waals surface area contributed by atoms with Crippen molar-refractivity contribution in [3.8, 4) is 0 Å². The molecule has 0 atom stereocenters. The van der Waals surface area contributed by atoms with Crippen LogP contribution in [0.2, 0.25) is 0 Å². The number of aliphatic hydroxyl groups excluding tert-OH is 1. The molecule has 0 spiro atoms. The number of aliphatic hydroxyl groups is 1. The van der Waals surface area contributed by atoms with Crippen molar-refractivity contribution in [2.24, 2.45) is 11.8 Å². The molecule has 1 saturated carbocycles. The highest BCUT2D eigenvalue weighted by Gasteiger charge is 2.26. The Morgan fingerprint density at radius 1 is 1.17 bits per heavy atom. The lowest BCUT2D eigenvalue weighted by Crippen LogP contribution is -2.26. The summed E-state index contributed by atoms with van der Waals surface area (Å²) in [5.74, 6) is -0.0376. The zero-order valence-corrected chi connectivity index (χ0v) is 11.8. The summed E-state index contributed by atoms with van der Waals surface area (Å²) in [4.78, 5) is 22.3. The number of esters is 1. The van der Waals surface area contributed by atoms with E-state index in [9.17, 15) is 9.59 Å². The van der Waals surface area contributed by atoms with E-state index in [2.05, 4.69) is 6.92 Å². The van der Waals surface area contributed by atoms with Gasteiger partial charge in [-0.1, -0.05) is 27.2 Å². The minimum absolute atomic E-state index is 0.0470. The van der Waals surface area contributed by atoms with Gasteiger partial charge in [-0.3, -0.25) is 9.59 Å². The predicted octanol–water partition coefficient (Wildman–Crippen LogP) is 2.33. The lowest BCUT2D eigenvalue weighted by atomic mass is 9.81. The second kappa shape index (κ2) is 10.1. The lowest BCUT2D eigenvalue weighted by molar-refractivity contribution is -0.153. The first-order chi connectivity index (χ1) is 8.67. The Morgan fingerprint density at radius 3 is 2.17 bits per heavy atom. The van der Waals surface area contributed by atoms with Crippen LogP contribution in [0.25, 0.3) is 0 Å². The summed E-state index contributed by atoms with van der Waals surface area (Å²) in [6.45, 7) is 5.32. The van der Waals surface area contributed by atoms with E-state index < -0.39 is 12.4 Å². The maximum atomic E-state index is 11.6. The first kappa shape index (κ1) is 17.1. The molecule has 0 bridgehead atoms. The van der Waals surface area contributed by atoms with Gasteiger partial charge in [-0.05, 0) is 31.6 Å². The molecule has 1 N–H and O–H groups in total. The maximum absolute atomic E-state index is 11.6. The van der Waals surface area contributed by atoms with E-state index in [1.807, 2.05) is 13.8 Å². The second-order valence-electron chi connectivity index (χ2n) is 4.43. The molecule has 0 aromatic rings. The third-order valence-electron chi connectivity index (χ3n) is 3.31. The van der Waals surface area contributed by atoms with Gasteiger partial charge in [-0.2, -0.15) is 0 Å². The molecule has 1 aliphatic carbocycles. The third kappa shape index (κ3) is 6.15. The van der Waals surface area contributed by atoms with E-state index in [1.165, 1.54) is 6.42 Å². The Hall–Kier alpha value is -0.900. The fraction of sp³-hybridized carbons (Fsp3) is 0.857. The first-order valence-corrected chi connectivity index (χ1v) is 6.96. The van der Waals surface area contributed by atoms with Gasteiger partial charge in [0.1, 0.15) is 6.61 Å². The normalized spacial score (nSPS) is 22.7. The van der Waals surface area contributed by atoms with Crippen LogP contribution in [0.3, 0.4) is 0 Å². The van der Waals surface area contributed by atoms with Gasteiger partial charge >= 0.3 is 5.97 Å². The number of ether oxygens (including phenoxy) is 1. The largest absolute Gasteiger partial charge is 0.457 e. The van der Waals surface area contributed by atoms with Crippen molar-refractivity contribution in [2.45, 2.75) is 52.9 Å².